The van der Waals surface area contributed by atoms with Crippen LogP contribution in [0.5, 0.6) is 11.5 Å². The Labute approximate surface area is 110 Å². The minimum absolute atomic E-state index is 0.242. The van der Waals surface area contributed by atoms with Crippen LogP contribution in [0.15, 0.2) is 12.1 Å². The maximum absolute atomic E-state index is 6.05. The van der Waals surface area contributed by atoms with Crippen LogP contribution in [-0.2, 0) is 0 Å². The quantitative estimate of drug-likeness (QED) is 0.872. The van der Waals surface area contributed by atoms with Crippen molar-refractivity contribution in [1.29, 1.82) is 0 Å². The average molecular weight is 252 g/mol. The van der Waals surface area contributed by atoms with E-state index in [4.69, 9.17) is 15.2 Å². The summed E-state index contributed by atoms with van der Waals surface area (Å²) in [6.45, 7) is 6.85. The van der Waals surface area contributed by atoms with E-state index in [1.54, 1.807) is 14.2 Å². The molecule has 0 aliphatic rings. The monoisotopic (exact) mass is 252 g/mol. The van der Waals surface area contributed by atoms with Gasteiger partial charge in [-0.25, -0.2) is 0 Å². The molecule has 4 nitrogen and oxygen atoms in total. The molecular formula is C14H24N2O2. The molecule has 0 spiro atoms. The molecular weight excluding hydrogens is 228 g/mol. The number of likely N-dealkylation sites (N-methyl/N-ethyl adjacent to an activating group) is 1. The number of hydrogen-bond donors (Lipinski definition) is 1. The molecule has 0 heterocycles. The lowest BCUT2D eigenvalue weighted by molar-refractivity contribution is 0.354. The standard InChI is InChI=1S/C14H24N2O2/c1-10-7-12(17-5)13(18-6)8-11(10)16(4)9-14(2,3)15/h7-8H,9,15H2,1-6H3. The number of nitrogens with two attached hydrogens (primary N) is 1. The third-order valence-corrected chi connectivity index (χ3v) is 2.76. The molecule has 1 aromatic rings. The van der Waals surface area contributed by atoms with Crippen molar-refractivity contribution in [2.24, 2.45) is 5.73 Å². The summed E-state index contributed by atoms with van der Waals surface area (Å²) < 4.78 is 10.6. The third-order valence-electron chi connectivity index (χ3n) is 2.76. The molecule has 0 saturated carbocycles. The second-order valence-electron chi connectivity index (χ2n) is 5.34. The van der Waals surface area contributed by atoms with E-state index in [1.807, 2.05) is 33.0 Å². The van der Waals surface area contributed by atoms with Crippen LogP contribution in [-0.4, -0.2) is 33.4 Å². The summed E-state index contributed by atoms with van der Waals surface area (Å²) in [5.41, 5.74) is 8.05. The fraction of sp³-hybridized carbons (Fsp3) is 0.571. The Bertz CT molecular complexity index is 411. The molecule has 0 atom stereocenters. The Hall–Kier alpha value is -1.42. The number of nitrogens with zero attached hydrogens (tertiary/aromatic N) is 1. The SMILES string of the molecule is COc1cc(C)c(N(C)CC(C)(C)N)cc1OC. The molecule has 0 aromatic heterocycles. The smallest absolute Gasteiger partial charge is 0.162 e. The number of benzene rings is 1. The number of rotatable bonds is 5. The lowest BCUT2D eigenvalue weighted by atomic mass is 10.1. The Kier molecular flexibility index (Phi) is 4.46. The van der Waals surface area contributed by atoms with Crippen LogP contribution in [0.4, 0.5) is 5.69 Å². The Morgan fingerprint density at radius 3 is 2.11 bits per heavy atom. The van der Waals surface area contributed by atoms with Crippen molar-refractivity contribution in [1.82, 2.24) is 0 Å². The Morgan fingerprint density at radius 2 is 1.67 bits per heavy atom. The maximum atomic E-state index is 6.05. The van der Waals surface area contributed by atoms with E-state index in [2.05, 4.69) is 11.8 Å². The van der Waals surface area contributed by atoms with Gasteiger partial charge in [-0.3, -0.25) is 0 Å². The van der Waals surface area contributed by atoms with Crippen molar-refractivity contribution in [2.75, 3.05) is 32.7 Å². The zero-order chi connectivity index (χ0) is 13.9. The lowest BCUT2D eigenvalue weighted by Crippen LogP contribution is -2.44. The number of hydrogen-bond acceptors (Lipinski definition) is 4. The zero-order valence-electron chi connectivity index (χ0n) is 12.2. The van der Waals surface area contributed by atoms with Crippen molar-refractivity contribution in [3.05, 3.63) is 17.7 Å². The molecule has 2 N–H and O–H groups in total. The van der Waals surface area contributed by atoms with Crippen LogP contribution in [0, 0.1) is 6.92 Å². The molecule has 0 unspecified atom stereocenters. The summed E-state index contributed by atoms with van der Waals surface area (Å²) in [7, 11) is 5.32. The first kappa shape index (κ1) is 14.6. The first-order valence-electron chi connectivity index (χ1n) is 6.01. The average Bonchev–Trinajstić information content (AvgIpc) is 2.26. The van der Waals surface area contributed by atoms with Gasteiger partial charge in [-0.05, 0) is 32.4 Å². The molecule has 1 aromatic carbocycles. The van der Waals surface area contributed by atoms with Gasteiger partial charge in [-0.15, -0.1) is 0 Å². The van der Waals surface area contributed by atoms with Gasteiger partial charge < -0.3 is 20.1 Å². The van der Waals surface area contributed by atoms with Crippen molar-refractivity contribution < 1.29 is 9.47 Å². The van der Waals surface area contributed by atoms with Crippen LogP contribution in [0.2, 0.25) is 0 Å². The van der Waals surface area contributed by atoms with Gasteiger partial charge in [0.1, 0.15) is 0 Å². The van der Waals surface area contributed by atoms with Gasteiger partial charge in [0.2, 0.25) is 0 Å². The van der Waals surface area contributed by atoms with Crippen LogP contribution < -0.4 is 20.1 Å². The van der Waals surface area contributed by atoms with Gasteiger partial charge in [0.15, 0.2) is 11.5 Å². The summed E-state index contributed by atoms with van der Waals surface area (Å²) in [4.78, 5) is 2.14. The highest BCUT2D eigenvalue weighted by molar-refractivity contribution is 5.61. The molecule has 1 rings (SSSR count). The molecule has 102 valence electrons. The van der Waals surface area contributed by atoms with Gasteiger partial charge in [-0.2, -0.15) is 0 Å². The molecule has 0 amide bonds. The second-order valence-corrected chi connectivity index (χ2v) is 5.34. The molecule has 0 bridgehead atoms. The van der Waals surface area contributed by atoms with E-state index in [0.29, 0.717) is 0 Å². The Morgan fingerprint density at radius 1 is 1.17 bits per heavy atom. The van der Waals surface area contributed by atoms with Gasteiger partial charge in [-0.1, -0.05) is 0 Å². The molecule has 0 aliphatic carbocycles. The largest absolute Gasteiger partial charge is 0.493 e. The maximum Gasteiger partial charge on any atom is 0.162 e. The number of ether oxygens (including phenoxy) is 2. The predicted molar refractivity (Wildman–Crippen MR) is 75.8 cm³/mol. The van der Waals surface area contributed by atoms with E-state index < -0.39 is 0 Å². The van der Waals surface area contributed by atoms with Gasteiger partial charge in [0, 0.05) is 30.9 Å². The topological polar surface area (TPSA) is 47.7 Å². The van der Waals surface area contributed by atoms with Crippen molar-refractivity contribution in [3.8, 4) is 11.5 Å². The molecule has 0 radical (unpaired) electrons. The van der Waals surface area contributed by atoms with E-state index in [0.717, 1.165) is 29.3 Å². The molecule has 0 saturated heterocycles. The highest BCUT2D eigenvalue weighted by atomic mass is 16.5. The van der Waals surface area contributed by atoms with Crippen LogP contribution >= 0.6 is 0 Å². The van der Waals surface area contributed by atoms with Crippen LogP contribution in [0.1, 0.15) is 19.4 Å². The number of aryl methyl sites for hydroxylation is 1. The molecule has 4 heteroatoms. The highest BCUT2D eigenvalue weighted by Crippen LogP contribution is 2.34. The number of anilines is 1. The second kappa shape index (κ2) is 5.48. The summed E-state index contributed by atoms with van der Waals surface area (Å²) >= 11 is 0. The molecule has 0 fully saturated rings. The van der Waals surface area contributed by atoms with Crippen LogP contribution in [0.25, 0.3) is 0 Å². The van der Waals surface area contributed by atoms with Crippen molar-refractivity contribution in [2.45, 2.75) is 26.3 Å². The summed E-state index contributed by atoms with van der Waals surface area (Å²) in [6, 6.07) is 3.97. The minimum atomic E-state index is -0.242. The summed E-state index contributed by atoms with van der Waals surface area (Å²) in [5.74, 6) is 1.49. The zero-order valence-corrected chi connectivity index (χ0v) is 12.2. The highest BCUT2D eigenvalue weighted by Gasteiger charge is 2.17. The van der Waals surface area contributed by atoms with E-state index in [-0.39, 0.29) is 5.54 Å². The predicted octanol–water partition coefficient (Wildman–Crippen LogP) is 2.19. The first-order chi connectivity index (χ1) is 8.28. The summed E-state index contributed by atoms with van der Waals surface area (Å²) in [5, 5.41) is 0. The van der Waals surface area contributed by atoms with Gasteiger partial charge in [0.25, 0.3) is 0 Å². The van der Waals surface area contributed by atoms with E-state index >= 15 is 0 Å². The summed E-state index contributed by atoms with van der Waals surface area (Å²) in [6.07, 6.45) is 0. The normalized spacial score (nSPS) is 11.3. The fourth-order valence-corrected chi connectivity index (χ4v) is 2.08. The van der Waals surface area contributed by atoms with Gasteiger partial charge >= 0.3 is 0 Å². The molecule has 0 aliphatic heterocycles. The van der Waals surface area contributed by atoms with Crippen molar-refractivity contribution in [3.63, 3.8) is 0 Å². The molecule has 18 heavy (non-hydrogen) atoms. The fourth-order valence-electron chi connectivity index (χ4n) is 2.08. The first-order valence-corrected chi connectivity index (χ1v) is 6.01. The van der Waals surface area contributed by atoms with E-state index in [9.17, 15) is 0 Å². The Balaban J connectivity index is 3.09. The van der Waals surface area contributed by atoms with Crippen molar-refractivity contribution >= 4 is 5.69 Å². The van der Waals surface area contributed by atoms with Gasteiger partial charge in [0.05, 0.1) is 14.2 Å². The third kappa shape index (κ3) is 3.53. The lowest BCUT2D eigenvalue weighted by Gasteiger charge is -2.29. The minimum Gasteiger partial charge on any atom is -0.493 e. The van der Waals surface area contributed by atoms with E-state index in [1.165, 1.54) is 0 Å². The van der Waals surface area contributed by atoms with Crippen LogP contribution in [0.3, 0.4) is 0 Å². The number of methoxy groups -OCH3 is 2.